The predicted octanol–water partition coefficient (Wildman–Crippen LogP) is 2.51. The molecule has 0 aromatic heterocycles. The van der Waals surface area contributed by atoms with E-state index in [-0.39, 0.29) is 23.2 Å². The highest BCUT2D eigenvalue weighted by Gasteiger charge is 2.25. The summed E-state index contributed by atoms with van der Waals surface area (Å²) in [6.07, 6.45) is 0. The summed E-state index contributed by atoms with van der Waals surface area (Å²) >= 11 is 0. The maximum atomic E-state index is 12.3. The van der Waals surface area contributed by atoms with Gasteiger partial charge in [0.2, 0.25) is 0 Å². The van der Waals surface area contributed by atoms with Crippen LogP contribution in [0.4, 0.5) is 5.69 Å². The van der Waals surface area contributed by atoms with Gasteiger partial charge in [-0.25, -0.2) is 4.79 Å². The zero-order chi connectivity index (χ0) is 16.4. The molecule has 1 aromatic carbocycles. The average molecular weight is 314 g/mol. The Kier molecular flexibility index (Phi) is 5.36. The zero-order valence-corrected chi connectivity index (χ0v) is 13.7. The van der Waals surface area contributed by atoms with E-state index in [0.29, 0.717) is 5.56 Å². The molecule has 1 aromatic rings. The van der Waals surface area contributed by atoms with Gasteiger partial charge >= 0.3 is 16.2 Å². The van der Waals surface area contributed by atoms with Crippen molar-refractivity contribution in [1.82, 2.24) is 4.31 Å². The molecule has 0 saturated heterocycles. The minimum atomic E-state index is -3.80. The average Bonchev–Trinajstić information content (AvgIpc) is 2.36. The molecular weight excluding hydrogens is 292 g/mol. The fourth-order valence-corrected chi connectivity index (χ4v) is 3.01. The predicted molar refractivity (Wildman–Crippen MR) is 82.9 cm³/mol. The highest BCUT2D eigenvalue weighted by atomic mass is 32.2. The van der Waals surface area contributed by atoms with E-state index in [9.17, 15) is 18.3 Å². The molecule has 0 atom stereocenters. The first-order valence-corrected chi connectivity index (χ1v) is 8.14. The van der Waals surface area contributed by atoms with E-state index in [1.165, 1.54) is 13.1 Å². The largest absolute Gasteiger partial charge is 0.478 e. The van der Waals surface area contributed by atoms with Crippen LogP contribution in [-0.4, -0.2) is 36.9 Å². The van der Waals surface area contributed by atoms with Crippen LogP contribution in [0.25, 0.3) is 0 Å². The van der Waals surface area contributed by atoms with E-state index in [4.69, 9.17) is 0 Å². The fraction of sp³-hybridized carbons (Fsp3) is 0.500. The van der Waals surface area contributed by atoms with Gasteiger partial charge in [-0.05, 0) is 31.4 Å². The minimum Gasteiger partial charge on any atom is -0.478 e. The maximum Gasteiger partial charge on any atom is 0.337 e. The molecule has 0 aliphatic heterocycles. The van der Waals surface area contributed by atoms with Gasteiger partial charge in [0.15, 0.2) is 0 Å². The first kappa shape index (κ1) is 17.5. The summed E-state index contributed by atoms with van der Waals surface area (Å²) in [5.74, 6) is -1.17. The van der Waals surface area contributed by atoms with Crippen LogP contribution in [0.2, 0.25) is 0 Å². The number of hydrogen-bond donors (Lipinski definition) is 2. The third kappa shape index (κ3) is 3.95. The van der Waals surface area contributed by atoms with Crippen molar-refractivity contribution in [2.45, 2.75) is 39.7 Å². The minimum absolute atomic E-state index is 0.00800. The number of para-hydroxylation sites is 1. The van der Waals surface area contributed by atoms with E-state index in [2.05, 4.69) is 4.72 Å². The van der Waals surface area contributed by atoms with Crippen molar-refractivity contribution in [3.63, 3.8) is 0 Å². The number of carboxylic acids is 1. The summed E-state index contributed by atoms with van der Waals surface area (Å²) in [5, 5.41) is 9.27. The molecule has 1 rings (SSSR count). The third-order valence-corrected chi connectivity index (χ3v) is 4.93. The topological polar surface area (TPSA) is 86.7 Å². The normalized spacial score (nSPS) is 12.2. The number of anilines is 1. The Balaban J connectivity index is 3.38. The van der Waals surface area contributed by atoms with Crippen molar-refractivity contribution in [1.29, 1.82) is 0 Å². The summed E-state index contributed by atoms with van der Waals surface area (Å²) < 4.78 is 28.2. The first-order chi connectivity index (χ1) is 9.58. The van der Waals surface area contributed by atoms with Crippen molar-refractivity contribution in [2.75, 3.05) is 11.8 Å². The highest BCUT2D eigenvalue weighted by Crippen LogP contribution is 2.29. The quantitative estimate of drug-likeness (QED) is 0.844. The third-order valence-electron chi connectivity index (χ3n) is 3.29. The SMILES string of the molecule is CC(C)c1cccc(C(=O)O)c1NS(=O)(=O)N(C)C(C)C. The van der Waals surface area contributed by atoms with Gasteiger partial charge < -0.3 is 5.11 Å². The second kappa shape index (κ2) is 6.44. The Labute approximate surface area is 126 Å². The lowest BCUT2D eigenvalue weighted by molar-refractivity contribution is 0.0698. The van der Waals surface area contributed by atoms with Crippen molar-refractivity contribution in [2.24, 2.45) is 0 Å². The van der Waals surface area contributed by atoms with E-state index in [1.807, 2.05) is 13.8 Å². The molecule has 0 radical (unpaired) electrons. The number of benzene rings is 1. The smallest absolute Gasteiger partial charge is 0.337 e. The molecule has 0 heterocycles. The number of aromatic carboxylic acids is 1. The number of hydrogen-bond acceptors (Lipinski definition) is 3. The molecule has 118 valence electrons. The molecule has 0 aliphatic carbocycles. The Morgan fingerprint density at radius 3 is 2.24 bits per heavy atom. The van der Waals surface area contributed by atoms with Crippen LogP contribution in [-0.2, 0) is 10.2 Å². The molecule has 0 saturated carbocycles. The number of nitrogens with zero attached hydrogens (tertiary/aromatic N) is 1. The molecule has 0 fully saturated rings. The van der Waals surface area contributed by atoms with Crippen LogP contribution >= 0.6 is 0 Å². The van der Waals surface area contributed by atoms with E-state index >= 15 is 0 Å². The van der Waals surface area contributed by atoms with Gasteiger partial charge in [0.05, 0.1) is 11.3 Å². The van der Waals surface area contributed by atoms with Crippen LogP contribution in [0.3, 0.4) is 0 Å². The number of nitrogens with one attached hydrogen (secondary N) is 1. The number of rotatable bonds is 6. The lowest BCUT2D eigenvalue weighted by atomic mass is 9.98. The van der Waals surface area contributed by atoms with Crippen molar-refractivity contribution in [3.05, 3.63) is 29.3 Å². The molecule has 0 aliphatic rings. The Morgan fingerprint density at radius 2 is 1.81 bits per heavy atom. The summed E-state index contributed by atoms with van der Waals surface area (Å²) in [6.45, 7) is 7.24. The maximum absolute atomic E-state index is 12.3. The second-order valence-corrected chi connectivity index (χ2v) is 7.18. The summed E-state index contributed by atoms with van der Waals surface area (Å²) in [4.78, 5) is 11.3. The van der Waals surface area contributed by atoms with Gasteiger partial charge in [-0.1, -0.05) is 26.0 Å². The van der Waals surface area contributed by atoms with Crippen LogP contribution in [0.5, 0.6) is 0 Å². The van der Waals surface area contributed by atoms with Crippen molar-refractivity contribution >= 4 is 21.9 Å². The van der Waals surface area contributed by atoms with E-state index in [0.717, 1.165) is 4.31 Å². The molecule has 6 nitrogen and oxygen atoms in total. The summed E-state index contributed by atoms with van der Waals surface area (Å²) in [6, 6.07) is 4.50. The van der Waals surface area contributed by atoms with Crippen LogP contribution in [0.15, 0.2) is 18.2 Å². The molecular formula is C14H22N2O4S. The van der Waals surface area contributed by atoms with E-state index in [1.54, 1.807) is 26.0 Å². The lowest BCUT2D eigenvalue weighted by Gasteiger charge is -2.24. The lowest BCUT2D eigenvalue weighted by Crippen LogP contribution is -2.38. The summed E-state index contributed by atoms with van der Waals surface area (Å²) in [5.41, 5.74) is 0.727. The van der Waals surface area contributed by atoms with Crippen molar-refractivity contribution < 1.29 is 18.3 Å². The molecule has 0 spiro atoms. The summed E-state index contributed by atoms with van der Waals surface area (Å²) in [7, 11) is -2.35. The van der Waals surface area contributed by atoms with Gasteiger partial charge in [-0.3, -0.25) is 4.72 Å². The first-order valence-electron chi connectivity index (χ1n) is 6.70. The second-order valence-electron chi connectivity index (χ2n) is 5.45. The molecule has 0 unspecified atom stereocenters. The number of carboxylic acid groups (broad SMARTS) is 1. The zero-order valence-electron chi connectivity index (χ0n) is 12.9. The van der Waals surface area contributed by atoms with Gasteiger partial charge in [0, 0.05) is 13.1 Å². The van der Waals surface area contributed by atoms with Crippen LogP contribution < -0.4 is 4.72 Å². The standard InChI is InChI=1S/C14H22N2O4S/c1-9(2)11-7-6-8-12(14(17)18)13(11)15-21(19,20)16(5)10(3)4/h6-10,15H,1-5H3,(H,17,18). The van der Waals surface area contributed by atoms with Gasteiger partial charge in [0.1, 0.15) is 0 Å². The van der Waals surface area contributed by atoms with Gasteiger partial charge in [-0.2, -0.15) is 12.7 Å². The van der Waals surface area contributed by atoms with Gasteiger partial charge in [-0.15, -0.1) is 0 Å². The van der Waals surface area contributed by atoms with E-state index < -0.39 is 16.2 Å². The van der Waals surface area contributed by atoms with Gasteiger partial charge in [0.25, 0.3) is 0 Å². The molecule has 21 heavy (non-hydrogen) atoms. The Morgan fingerprint density at radius 1 is 1.24 bits per heavy atom. The Bertz CT molecular complexity index is 624. The molecule has 0 bridgehead atoms. The van der Waals surface area contributed by atoms with Crippen molar-refractivity contribution in [3.8, 4) is 0 Å². The molecule has 7 heteroatoms. The molecule has 2 N–H and O–H groups in total. The van der Waals surface area contributed by atoms with Crippen LogP contribution in [0.1, 0.15) is 49.5 Å². The van der Waals surface area contributed by atoms with Crippen LogP contribution in [0, 0.1) is 0 Å². The Hall–Kier alpha value is -1.60. The number of carbonyl (C=O) groups is 1. The highest BCUT2D eigenvalue weighted by molar-refractivity contribution is 7.90. The molecule has 0 amide bonds. The fourth-order valence-electron chi connectivity index (χ4n) is 1.82. The monoisotopic (exact) mass is 314 g/mol.